The molecule has 1 aromatic carbocycles. The molecule has 0 saturated carbocycles. The molecule has 0 unspecified atom stereocenters. The molecule has 0 saturated heterocycles. The number of hydrogen-bond acceptors (Lipinski definition) is 6. The van der Waals surface area contributed by atoms with Crippen LogP contribution >= 0.6 is 0 Å². The Kier molecular flexibility index (Phi) is 3.80. The molecule has 0 bridgehead atoms. The van der Waals surface area contributed by atoms with Gasteiger partial charge in [-0.25, -0.2) is 0 Å². The van der Waals surface area contributed by atoms with Crippen LogP contribution in [0.1, 0.15) is 10.4 Å². The number of nitro benzene ring substituents is 1. The maximum Gasteiger partial charge on any atom is 0.270 e. The Bertz CT molecular complexity index is 666. The number of carbonyl (C=O) groups excluding carboxylic acids is 1. The number of benzene rings is 1. The average Bonchev–Trinajstić information content (AvgIpc) is 2.86. The van der Waals surface area contributed by atoms with Gasteiger partial charge in [-0.05, 0) is 11.3 Å². The number of anilines is 1. The van der Waals surface area contributed by atoms with Crippen molar-refractivity contribution in [3.63, 3.8) is 0 Å². The predicted molar refractivity (Wildman–Crippen MR) is 69.1 cm³/mol. The first-order valence-electron chi connectivity index (χ1n) is 5.54. The Labute approximate surface area is 113 Å². The summed E-state index contributed by atoms with van der Waals surface area (Å²) in [7, 11) is 0. The number of hydrogen-bond donors (Lipinski definition) is 1. The van der Waals surface area contributed by atoms with Gasteiger partial charge in [-0.2, -0.15) is 4.80 Å². The summed E-state index contributed by atoms with van der Waals surface area (Å²) < 4.78 is 0. The zero-order chi connectivity index (χ0) is 14.5. The summed E-state index contributed by atoms with van der Waals surface area (Å²) in [6.07, 6.45) is 1.58. The highest BCUT2D eigenvalue weighted by atomic mass is 16.6. The van der Waals surface area contributed by atoms with Crippen LogP contribution in [0.2, 0.25) is 0 Å². The number of nitrogens with one attached hydrogen (secondary N) is 1. The van der Waals surface area contributed by atoms with Gasteiger partial charge in [-0.1, -0.05) is 17.2 Å². The van der Waals surface area contributed by atoms with Crippen molar-refractivity contribution in [3.8, 4) is 0 Å². The van der Waals surface area contributed by atoms with Crippen molar-refractivity contribution in [2.75, 3.05) is 5.32 Å². The summed E-state index contributed by atoms with van der Waals surface area (Å²) >= 11 is 0. The summed E-state index contributed by atoms with van der Waals surface area (Å²) in [6, 6.07) is 5.35. The van der Waals surface area contributed by atoms with Crippen LogP contribution in [0.4, 0.5) is 11.6 Å². The summed E-state index contributed by atoms with van der Waals surface area (Å²) in [5, 5.41) is 24.2. The van der Waals surface area contributed by atoms with Gasteiger partial charge in [-0.15, -0.1) is 11.7 Å². The van der Waals surface area contributed by atoms with Gasteiger partial charge in [-0.3, -0.25) is 20.2 Å². The SMILES string of the molecule is C=CCn1nnc(NC(=O)c2cccc([N+](=O)[O-])c2)n1. The Balaban J connectivity index is 2.12. The molecule has 20 heavy (non-hydrogen) atoms. The molecule has 1 amide bonds. The van der Waals surface area contributed by atoms with Gasteiger partial charge < -0.3 is 0 Å². The number of aromatic nitrogens is 4. The number of rotatable bonds is 5. The molecule has 2 aromatic rings. The number of nitro groups is 1. The summed E-state index contributed by atoms with van der Waals surface area (Å²) in [5.74, 6) is -0.532. The van der Waals surface area contributed by atoms with Crippen molar-refractivity contribution in [2.24, 2.45) is 0 Å². The summed E-state index contributed by atoms with van der Waals surface area (Å²) in [4.78, 5) is 23.2. The molecule has 0 atom stereocenters. The van der Waals surface area contributed by atoms with Crippen LogP contribution < -0.4 is 5.32 Å². The third-order valence-corrected chi connectivity index (χ3v) is 2.29. The number of carbonyl (C=O) groups is 1. The highest BCUT2D eigenvalue weighted by molar-refractivity contribution is 6.03. The fraction of sp³-hybridized carbons (Fsp3) is 0.0909. The lowest BCUT2D eigenvalue weighted by Crippen LogP contribution is -2.13. The molecule has 0 aliphatic carbocycles. The second kappa shape index (κ2) is 5.69. The molecule has 1 N–H and O–H groups in total. The van der Waals surface area contributed by atoms with E-state index in [1.165, 1.54) is 29.1 Å². The van der Waals surface area contributed by atoms with E-state index in [4.69, 9.17) is 0 Å². The third kappa shape index (κ3) is 3.02. The Morgan fingerprint density at radius 1 is 1.55 bits per heavy atom. The summed E-state index contributed by atoms with van der Waals surface area (Å²) in [5.41, 5.74) is -0.0276. The normalized spacial score (nSPS) is 10.0. The largest absolute Gasteiger partial charge is 0.288 e. The van der Waals surface area contributed by atoms with E-state index in [0.717, 1.165) is 0 Å². The molecule has 0 aliphatic rings. The molecule has 1 heterocycles. The molecular formula is C11H10N6O3. The smallest absolute Gasteiger partial charge is 0.270 e. The Morgan fingerprint density at radius 3 is 3.05 bits per heavy atom. The van der Waals surface area contributed by atoms with E-state index in [1.807, 2.05) is 0 Å². The minimum absolute atomic E-state index is 0.0170. The van der Waals surface area contributed by atoms with Crippen molar-refractivity contribution in [1.29, 1.82) is 0 Å². The minimum Gasteiger partial charge on any atom is -0.288 e. The molecule has 0 aliphatic heterocycles. The first-order chi connectivity index (χ1) is 9.60. The van der Waals surface area contributed by atoms with E-state index in [1.54, 1.807) is 6.08 Å². The number of non-ortho nitro benzene ring substituents is 1. The van der Waals surface area contributed by atoms with Gasteiger partial charge in [0.25, 0.3) is 17.5 Å². The van der Waals surface area contributed by atoms with Crippen molar-refractivity contribution < 1.29 is 9.72 Å². The maximum atomic E-state index is 11.9. The average molecular weight is 274 g/mol. The molecule has 102 valence electrons. The second-order valence-electron chi connectivity index (χ2n) is 3.72. The number of tetrazole rings is 1. The first kappa shape index (κ1) is 13.3. The van der Waals surface area contributed by atoms with E-state index < -0.39 is 10.8 Å². The van der Waals surface area contributed by atoms with E-state index in [0.29, 0.717) is 6.54 Å². The molecular weight excluding hydrogens is 264 g/mol. The number of amides is 1. The summed E-state index contributed by atoms with van der Waals surface area (Å²) in [6.45, 7) is 3.88. The van der Waals surface area contributed by atoms with Crippen LogP contribution in [0.5, 0.6) is 0 Å². The molecule has 1 aromatic heterocycles. The quantitative estimate of drug-likeness (QED) is 0.494. The molecule has 0 fully saturated rings. The molecule has 2 rings (SSSR count). The molecule has 0 radical (unpaired) electrons. The van der Waals surface area contributed by atoms with Crippen molar-refractivity contribution >= 4 is 17.5 Å². The lowest BCUT2D eigenvalue weighted by molar-refractivity contribution is -0.384. The zero-order valence-electron chi connectivity index (χ0n) is 10.3. The van der Waals surface area contributed by atoms with Crippen molar-refractivity contribution in [1.82, 2.24) is 20.2 Å². The van der Waals surface area contributed by atoms with Crippen LogP contribution in [0, 0.1) is 10.1 Å². The van der Waals surface area contributed by atoms with Crippen LogP contribution in [0.25, 0.3) is 0 Å². The molecule has 9 heteroatoms. The van der Waals surface area contributed by atoms with Gasteiger partial charge in [0.05, 0.1) is 11.5 Å². The maximum absolute atomic E-state index is 11.9. The van der Waals surface area contributed by atoms with Crippen LogP contribution in [0.3, 0.4) is 0 Å². The van der Waals surface area contributed by atoms with Crippen molar-refractivity contribution in [2.45, 2.75) is 6.54 Å². The number of nitrogens with zero attached hydrogens (tertiary/aromatic N) is 5. The fourth-order valence-corrected chi connectivity index (χ4v) is 1.42. The van der Waals surface area contributed by atoms with Gasteiger partial charge in [0, 0.05) is 17.7 Å². The van der Waals surface area contributed by atoms with Gasteiger partial charge in [0.1, 0.15) is 0 Å². The number of allylic oxidation sites excluding steroid dienone is 1. The van der Waals surface area contributed by atoms with Gasteiger partial charge >= 0.3 is 0 Å². The zero-order valence-corrected chi connectivity index (χ0v) is 10.3. The molecule has 9 nitrogen and oxygen atoms in total. The van der Waals surface area contributed by atoms with E-state index in [2.05, 4.69) is 27.3 Å². The third-order valence-electron chi connectivity index (χ3n) is 2.29. The highest BCUT2D eigenvalue weighted by Gasteiger charge is 2.13. The lowest BCUT2D eigenvalue weighted by atomic mass is 10.2. The van der Waals surface area contributed by atoms with Crippen LogP contribution in [-0.2, 0) is 6.54 Å². The Morgan fingerprint density at radius 2 is 2.35 bits per heavy atom. The topological polar surface area (TPSA) is 116 Å². The highest BCUT2D eigenvalue weighted by Crippen LogP contribution is 2.13. The first-order valence-corrected chi connectivity index (χ1v) is 5.54. The van der Waals surface area contributed by atoms with Gasteiger partial charge in [0.2, 0.25) is 0 Å². The lowest BCUT2D eigenvalue weighted by Gasteiger charge is -2.00. The fourth-order valence-electron chi connectivity index (χ4n) is 1.42. The van der Waals surface area contributed by atoms with Crippen LogP contribution in [0.15, 0.2) is 36.9 Å². The monoisotopic (exact) mass is 274 g/mol. The van der Waals surface area contributed by atoms with E-state index in [9.17, 15) is 14.9 Å². The standard InChI is InChI=1S/C11H10N6O3/c1-2-6-16-14-11(13-15-16)12-10(18)8-4-3-5-9(7-8)17(19)20/h2-5,7H,1,6H2,(H,12,14,18). The van der Waals surface area contributed by atoms with Gasteiger partial charge in [0.15, 0.2) is 0 Å². The second-order valence-corrected chi connectivity index (χ2v) is 3.72. The van der Waals surface area contributed by atoms with E-state index in [-0.39, 0.29) is 17.2 Å². The van der Waals surface area contributed by atoms with Crippen molar-refractivity contribution in [3.05, 3.63) is 52.6 Å². The van der Waals surface area contributed by atoms with E-state index >= 15 is 0 Å². The predicted octanol–water partition coefficient (Wildman–Crippen LogP) is 1.02. The van der Waals surface area contributed by atoms with Crippen LogP contribution in [-0.4, -0.2) is 31.0 Å². The Hall–Kier alpha value is -3.10. The molecule has 0 spiro atoms. The minimum atomic E-state index is -0.574.